The predicted molar refractivity (Wildman–Crippen MR) is 327 cm³/mol. The van der Waals surface area contributed by atoms with E-state index in [2.05, 4.69) is 52.8 Å². The summed E-state index contributed by atoms with van der Waals surface area (Å²) >= 11 is 0. The van der Waals surface area contributed by atoms with Gasteiger partial charge in [0.15, 0.2) is 0 Å². The van der Waals surface area contributed by atoms with E-state index in [1.165, 1.54) is 6.92 Å². The van der Waals surface area contributed by atoms with Crippen LogP contribution in [0.2, 0.25) is 0 Å². The van der Waals surface area contributed by atoms with E-state index in [1.54, 1.807) is 112 Å². The van der Waals surface area contributed by atoms with E-state index in [0.717, 1.165) is 12.5 Å². The van der Waals surface area contributed by atoms with Gasteiger partial charge in [0.2, 0.25) is 65.0 Å². The number of amides is 11. The maximum Gasteiger partial charge on any atom is 0.326 e. The first kappa shape index (κ1) is 73.7. The first-order valence-electron chi connectivity index (χ1n) is 29.4. The summed E-state index contributed by atoms with van der Waals surface area (Å²) in [5, 5.41) is 62.6. The monoisotopic (exact) mass is 1270 g/mol. The van der Waals surface area contributed by atoms with E-state index >= 15 is 0 Å². The van der Waals surface area contributed by atoms with Crippen molar-refractivity contribution in [2.75, 3.05) is 6.61 Å². The minimum absolute atomic E-state index is 0.0929. The molecule has 30 nitrogen and oxygen atoms in total. The molecule has 0 fully saturated rings. The highest BCUT2D eigenvalue weighted by Crippen LogP contribution is 2.20. The number of aliphatic hydroxyl groups excluding tert-OH is 2. The Morgan fingerprint density at radius 3 is 1.44 bits per heavy atom. The molecule has 30 heteroatoms. The molecule has 91 heavy (non-hydrogen) atoms. The molecule has 0 aliphatic rings. The van der Waals surface area contributed by atoms with Crippen molar-refractivity contribution in [2.45, 2.75) is 159 Å². The summed E-state index contributed by atoms with van der Waals surface area (Å²) in [5.41, 5.74) is 19.5. The molecule has 3 aromatic carbocycles. The Hall–Kier alpha value is -9.81. The fourth-order valence-electron chi connectivity index (χ4n) is 9.50. The zero-order chi connectivity index (χ0) is 67.6. The third-order valence-electron chi connectivity index (χ3n) is 14.6. The molecule has 1 heterocycles. The number of fused-ring (bicyclic) bond motifs is 1. The summed E-state index contributed by atoms with van der Waals surface area (Å²) < 4.78 is 0. The molecular formula is C61H83N13O17. The van der Waals surface area contributed by atoms with Gasteiger partial charge in [-0.15, -0.1) is 0 Å². The van der Waals surface area contributed by atoms with Crippen molar-refractivity contribution in [3.8, 4) is 0 Å². The highest BCUT2D eigenvalue weighted by Gasteiger charge is 2.38. The minimum Gasteiger partial charge on any atom is -0.481 e. The third-order valence-corrected chi connectivity index (χ3v) is 14.6. The normalized spacial score (nSPS) is 15.1. The van der Waals surface area contributed by atoms with E-state index in [-0.39, 0.29) is 31.6 Å². The van der Waals surface area contributed by atoms with Gasteiger partial charge in [-0.25, -0.2) is 4.79 Å². The predicted octanol–water partition coefficient (Wildman–Crippen LogP) is -2.95. The molecule has 0 radical (unpaired) electrons. The maximum absolute atomic E-state index is 14.6. The summed E-state index contributed by atoms with van der Waals surface area (Å²) in [6.45, 7) is 6.74. The molecule has 494 valence electrons. The van der Waals surface area contributed by atoms with E-state index in [9.17, 15) is 82.8 Å². The number of nitrogens with one attached hydrogen (secondary N) is 10. The second-order valence-corrected chi connectivity index (χ2v) is 22.5. The molecule has 0 saturated carbocycles. The topological polar surface area (TPSA) is 505 Å². The molecule has 1 aromatic heterocycles. The van der Waals surface area contributed by atoms with Gasteiger partial charge >= 0.3 is 11.9 Å². The van der Waals surface area contributed by atoms with E-state index in [4.69, 9.17) is 17.2 Å². The van der Waals surface area contributed by atoms with Crippen LogP contribution in [-0.4, -0.2) is 175 Å². The second kappa shape index (κ2) is 36.0. The number of carbonyl (C=O) groups is 13. The Morgan fingerprint density at radius 2 is 0.923 bits per heavy atom. The molecule has 11 amide bonds. The number of benzene rings is 3. The van der Waals surface area contributed by atoms with Crippen molar-refractivity contribution in [2.24, 2.45) is 29.0 Å². The van der Waals surface area contributed by atoms with Crippen LogP contribution in [0.25, 0.3) is 10.9 Å². The average molecular weight is 1270 g/mol. The number of para-hydroxylation sites is 1. The van der Waals surface area contributed by atoms with Crippen molar-refractivity contribution >= 4 is 87.8 Å². The number of carboxylic acid groups (broad SMARTS) is 2. The Bertz CT molecular complexity index is 3200. The zero-order valence-corrected chi connectivity index (χ0v) is 51.1. The van der Waals surface area contributed by atoms with Crippen molar-refractivity contribution in [1.82, 2.24) is 52.8 Å². The van der Waals surface area contributed by atoms with E-state index in [0.29, 0.717) is 28.5 Å². The lowest BCUT2D eigenvalue weighted by molar-refractivity contribution is -0.144. The van der Waals surface area contributed by atoms with Gasteiger partial charge in [0.1, 0.15) is 54.4 Å². The van der Waals surface area contributed by atoms with Crippen LogP contribution in [0.1, 0.15) is 89.8 Å². The average Bonchev–Trinajstić information content (AvgIpc) is 1.95. The lowest BCUT2D eigenvalue weighted by atomic mass is 9.98. The van der Waals surface area contributed by atoms with Gasteiger partial charge in [-0.2, -0.15) is 0 Å². The first-order chi connectivity index (χ1) is 43.0. The first-order valence-corrected chi connectivity index (χ1v) is 29.4. The van der Waals surface area contributed by atoms with E-state index in [1.807, 2.05) is 0 Å². The molecule has 0 bridgehead atoms. The number of H-pyrrole nitrogens is 1. The number of aliphatic hydroxyl groups is 2. The highest BCUT2D eigenvalue weighted by molar-refractivity contribution is 6.00. The Kier molecular flexibility index (Phi) is 29.1. The van der Waals surface area contributed by atoms with Crippen molar-refractivity contribution in [3.63, 3.8) is 0 Å². The molecule has 0 unspecified atom stereocenters. The SMILES string of the molecule is CC[C@H](C)[C@H](NC(=O)[C@H](CCC(=O)O)NC(=O)[C@H](CC(N)=O)NC(=O)[C@@H](NC(=O)[C@H](Cc1ccccc1)NC(=O)[C@H](CC(N)=O)NC(=O)[C@H](CC(C)C)NC(=O)[C@H](Cc1c[nH]c2ccccc12)NC(=O)[C@H](CO)NC(=O)[C@@H](N)Cc1ccccc1)[C@@H](C)O)C(=O)O. The summed E-state index contributed by atoms with van der Waals surface area (Å²) in [6, 6.07) is 7.29. The molecule has 0 aliphatic carbocycles. The number of hydrogen-bond donors (Lipinski definition) is 17. The van der Waals surface area contributed by atoms with Crippen molar-refractivity contribution < 1.29 is 82.8 Å². The minimum atomic E-state index is -2.01. The zero-order valence-electron chi connectivity index (χ0n) is 51.1. The quantitative estimate of drug-likeness (QED) is 0.0213. The summed E-state index contributed by atoms with van der Waals surface area (Å²) in [6.07, 6.45) is -3.63. The largest absolute Gasteiger partial charge is 0.481 e. The summed E-state index contributed by atoms with van der Waals surface area (Å²) in [4.78, 5) is 178. The van der Waals surface area contributed by atoms with Crippen LogP contribution in [0, 0.1) is 11.8 Å². The Balaban J connectivity index is 1.61. The van der Waals surface area contributed by atoms with Gasteiger partial charge in [0.25, 0.3) is 0 Å². The second-order valence-electron chi connectivity index (χ2n) is 22.5. The van der Waals surface area contributed by atoms with Gasteiger partial charge < -0.3 is 90.5 Å². The van der Waals surface area contributed by atoms with Crippen LogP contribution in [0.15, 0.2) is 91.1 Å². The van der Waals surface area contributed by atoms with Crippen LogP contribution in [0.5, 0.6) is 0 Å². The van der Waals surface area contributed by atoms with Gasteiger partial charge in [-0.3, -0.25) is 57.5 Å². The molecule has 0 saturated heterocycles. The Labute approximate surface area is 524 Å². The number of nitrogens with two attached hydrogens (primary N) is 3. The number of hydrogen-bond acceptors (Lipinski definition) is 16. The van der Waals surface area contributed by atoms with Gasteiger partial charge in [-0.1, -0.05) is 113 Å². The summed E-state index contributed by atoms with van der Waals surface area (Å²) in [5.74, 6) is -16.0. The smallest absolute Gasteiger partial charge is 0.326 e. The molecule has 4 aromatic rings. The molecule has 12 atom stereocenters. The highest BCUT2D eigenvalue weighted by atomic mass is 16.4. The number of rotatable bonds is 38. The number of carboxylic acids is 2. The number of aromatic nitrogens is 1. The Morgan fingerprint density at radius 1 is 0.495 bits per heavy atom. The third kappa shape index (κ3) is 23.9. The lowest BCUT2D eigenvalue weighted by Crippen LogP contribution is -2.62. The fourth-order valence-corrected chi connectivity index (χ4v) is 9.50. The van der Waals surface area contributed by atoms with Crippen molar-refractivity contribution in [1.29, 1.82) is 0 Å². The number of carbonyl (C=O) groups excluding carboxylic acids is 11. The number of primary amides is 2. The fraction of sp³-hybridized carbons (Fsp3) is 0.459. The van der Waals surface area contributed by atoms with Gasteiger partial charge in [0, 0.05) is 36.4 Å². The van der Waals surface area contributed by atoms with Crippen LogP contribution in [-0.2, 0) is 81.6 Å². The molecular weight excluding hydrogens is 1190 g/mol. The number of aromatic amines is 1. The standard InChI is InChI=1S/C61H83N13O17/c1-6-32(4)50(61(90)91)73-53(82)40(21-22-49(79)80)66-56(85)45(28-48(64)78)71-60(89)51(33(5)76)74-58(87)42(25-35-17-11-8-12-18-35)68-57(86)44(27-47(63)77)70-54(83)41(23-31(2)3)67-55(84)43(26-36-29-65-39-20-14-13-19-37(36)39)69-59(88)46(30-75)72-52(81)38(62)24-34-15-9-7-10-16-34/h7-20,29,31-33,38,40-46,50-51,65,75-76H,6,21-28,30,62H2,1-5H3,(H2,63,77)(H2,64,78)(H,66,85)(H,67,84)(H,68,86)(H,69,88)(H,70,83)(H,71,89)(H,72,81)(H,73,82)(H,74,87)(H,79,80)(H,90,91)/t32-,33+,38-,40-,41-,42-,43-,44-,45-,46-,50-,51-/m0/s1. The summed E-state index contributed by atoms with van der Waals surface area (Å²) in [7, 11) is 0. The maximum atomic E-state index is 14.6. The van der Waals surface area contributed by atoms with Crippen molar-refractivity contribution in [3.05, 3.63) is 108 Å². The molecule has 0 aliphatic heterocycles. The lowest BCUT2D eigenvalue weighted by Gasteiger charge is -2.29. The van der Waals surface area contributed by atoms with Crippen LogP contribution in [0.3, 0.4) is 0 Å². The molecule has 0 spiro atoms. The van der Waals surface area contributed by atoms with Gasteiger partial charge in [0.05, 0.1) is 31.6 Å². The van der Waals surface area contributed by atoms with Gasteiger partial charge in [-0.05, 0) is 60.8 Å². The van der Waals surface area contributed by atoms with Crippen LogP contribution in [0.4, 0.5) is 0 Å². The van der Waals surface area contributed by atoms with Crippen LogP contribution < -0.4 is 65.1 Å². The molecule has 20 N–H and O–H groups in total. The van der Waals surface area contributed by atoms with E-state index < -0.39 is 182 Å². The number of aliphatic carboxylic acids is 2. The molecule has 4 rings (SSSR count). The van der Waals surface area contributed by atoms with Crippen LogP contribution >= 0.6 is 0 Å².